The van der Waals surface area contributed by atoms with Crippen LogP contribution in [0.3, 0.4) is 0 Å². The van der Waals surface area contributed by atoms with Crippen LogP contribution in [0.1, 0.15) is 65.3 Å². The second-order valence-corrected chi connectivity index (χ2v) is 6.24. The second kappa shape index (κ2) is 8.20. The lowest BCUT2D eigenvalue weighted by atomic mass is 10.1. The first-order valence-corrected chi connectivity index (χ1v) is 8.34. The average Bonchev–Trinajstić information content (AvgIpc) is 2.43. The van der Waals surface area contributed by atoms with Gasteiger partial charge in [0.05, 0.1) is 0 Å². The Bertz CT molecular complexity index is 439. The minimum absolute atomic E-state index is 0.509. The van der Waals surface area contributed by atoms with E-state index >= 15 is 0 Å². The summed E-state index contributed by atoms with van der Waals surface area (Å²) in [6, 6.07) is 0.509. The Kier molecular flexibility index (Phi) is 6.93. The van der Waals surface area contributed by atoms with E-state index in [1.807, 2.05) is 6.92 Å². The first kappa shape index (κ1) is 17.7. The molecule has 1 rings (SSSR count). The summed E-state index contributed by atoms with van der Waals surface area (Å²) in [5.41, 5.74) is 7.14. The smallest absolute Gasteiger partial charge is 0.137 e. The molecule has 0 saturated carbocycles. The van der Waals surface area contributed by atoms with Gasteiger partial charge in [-0.25, -0.2) is 9.97 Å². The van der Waals surface area contributed by atoms with Gasteiger partial charge in [0.25, 0.3) is 0 Å². The third-order valence-corrected chi connectivity index (χ3v) is 3.89. The first-order valence-electron chi connectivity index (χ1n) is 8.34. The molecule has 0 saturated heterocycles. The van der Waals surface area contributed by atoms with Crippen LogP contribution in [0.4, 0.5) is 11.6 Å². The van der Waals surface area contributed by atoms with Gasteiger partial charge in [0.15, 0.2) is 0 Å². The Balaban J connectivity index is 3.27. The van der Waals surface area contributed by atoms with E-state index in [-0.39, 0.29) is 0 Å². The Morgan fingerprint density at radius 1 is 1.10 bits per heavy atom. The van der Waals surface area contributed by atoms with Crippen molar-refractivity contribution >= 4 is 11.6 Å². The van der Waals surface area contributed by atoms with Crippen molar-refractivity contribution in [1.82, 2.24) is 9.97 Å². The van der Waals surface area contributed by atoms with Crippen LogP contribution in [-0.4, -0.2) is 22.6 Å². The number of nitrogens with two attached hydrogens (primary N) is 1. The minimum atomic E-state index is 0.509. The predicted molar refractivity (Wildman–Crippen MR) is 91.7 cm³/mol. The van der Waals surface area contributed by atoms with E-state index in [1.165, 1.54) is 0 Å². The molecule has 0 fully saturated rings. The lowest BCUT2D eigenvalue weighted by Gasteiger charge is -2.34. The Hall–Kier alpha value is -1.32. The highest BCUT2D eigenvalue weighted by atomic mass is 15.2. The SMILES string of the molecule is CCCc1nc(N)c(C)c(N(CC(C)C)C(CC)CC)n1. The van der Waals surface area contributed by atoms with Gasteiger partial charge in [-0.3, -0.25) is 0 Å². The molecule has 2 N–H and O–H groups in total. The fourth-order valence-electron chi connectivity index (χ4n) is 2.71. The molecular formula is C17H32N4. The number of nitrogens with zero attached hydrogens (tertiary/aromatic N) is 3. The lowest BCUT2D eigenvalue weighted by molar-refractivity contribution is 0.501. The van der Waals surface area contributed by atoms with Crippen LogP contribution < -0.4 is 10.6 Å². The maximum Gasteiger partial charge on any atom is 0.137 e. The van der Waals surface area contributed by atoms with Gasteiger partial charge in [0, 0.05) is 24.6 Å². The summed E-state index contributed by atoms with van der Waals surface area (Å²) in [5.74, 6) is 3.13. The highest BCUT2D eigenvalue weighted by molar-refractivity contribution is 5.57. The molecule has 0 unspecified atom stereocenters. The summed E-state index contributed by atoms with van der Waals surface area (Å²) in [5, 5.41) is 0. The van der Waals surface area contributed by atoms with E-state index in [9.17, 15) is 0 Å². The van der Waals surface area contributed by atoms with Crippen molar-refractivity contribution in [2.45, 2.75) is 73.3 Å². The first-order chi connectivity index (χ1) is 9.94. The van der Waals surface area contributed by atoms with Crippen LogP contribution in [0.25, 0.3) is 0 Å². The van der Waals surface area contributed by atoms with E-state index in [1.54, 1.807) is 0 Å². The highest BCUT2D eigenvalue weighted by Crippen LogP contribution is 2.26. The number of anilines is 2. The fourth-order valence-corrected chi connectivity index (χ4v) is 2.71. The third kappa shape index (κ3) is 4.58. The number of aryl methyl sites for hydroxylation is 1. The molecule has 4 nitrogen and oxygen atoms in total. The molecule has 0 aliphatic rings. The van der Waals surface area contributed by atoms with Gasteiger partial charge in [-0.05, 0) is 32.1 Å². The van der Waals surface area contributed by atoms with Crippen LogP contribution in [0, 0.1) is 12.8 Å². The predicted octanol–water partition coefficient (Wildman–Crippen LogP) is 3.97. The van der Waals surface area contributed by atoms with Gasteiger partial charge in [-0.2, -0.15) is 0 Å². The Morgan fingerprint density at radius 2 is 1.71 bits per heavy atom. The zero-order valence-electron chi connectivity index (χ0n) is 14.6. The molecule has 1 aromatic rings. The van der Waals surface area contributed by atoms with Crippen LogP contribution in [0.15, 0.2) is 0 Å². The maximum atomic E-state index is 6.13. The van der Waals surface area contributed by atoms with E-state index < -0.39 is 0 Å². The average molecular weight is 292 g/mol. The number of aromatic nitrogens is 2. The summed E-state index contributed by atoms with van der Waals surface area (Å²) in [6.45, 7) is 14.2. The van der Waals surface area contributed by atoms with Crippen molar-refractivity contribution in [3.8, 4) is 0 Å². The zero-order valence-corrected chi connectivity index (χ0v) is 14.6. The monoisotopic (exact) mass is 292 g/mol. The molecule has 120 valence electrons. The van der Waals surface area contributed by atoms with E-state index in [2.05, 4.69) is 44.5 Å². The molecule has 0 atom stereocenters. The van der Waals surface area contributed by atoms with E-state index in [0.717, 1.165) is 49.4 Å². The van der Waals surface area contributed by atoms with Crippen LogP contribution in [0.5, 0.6) is 0 Å². The summed E-state index contributed by atoms with van der Waals surface area (Å²) >= 11 is 0. The standard InChI is InChI=1S/C17H32N4/c1-7-10-15-19-16(18)13(6)17(20-15)21(11-12(4)5)14(8-2)9-3/h12,14H,7-11H2,1-6H3,(H2,18,19,20). The van der Waals surface area contributed by atoms with Gasteiger partial charge in [-0.1, -0.05) is 34.6 Å². The van der Waals surface area contributed by atoms with Crippen LogP contribution in [0.2, 0.25) is 0 Å². The summed E-state index contributed by atoms with van der Waals surface area (Å²) in [4.78, 5) is 11.7. The molecule has 1 heterocycles. The quantitative estimate of drug-likeness (QED) is 0.787. The van der Waals surface area contributed by atoms with Crippen molar-refractivity contribution in [3.05, 3.63) is 11.4 Å². The van der Waals surface area contributed by atoms with Gasteiger partial charge in [0.1, 0.15) is 17.5 Å². The van der Waals surface area contributed by atoms with Gasteiger partial charge >= 0.3 is 0 Å². The molecule has 0 aliphatic heterocycles. The maximum absolute atomic E-state index is 6.13. The zero-order chi connectivity index (χ0) is 16.0. The number of nitrogen functional groups attached to an aromatic ring is 1. The molecule has 21 heavy (non-hydrogen) atoms. The molecule has 0 amide bonds. The molecule has 0 aromatic carbocycles. The van der Waals surface area contributed by atoms with Crippen molar-refractivity contribution in [3.63, 3.8) is 0 Å². The molecule has 1 aromatic heterocycles. The van der Waals surface area contributed by atoms with Crippen molar-refractivity contribution in [2.75, 3.05) is 17.2 Å². The van der Waals surface area contributed by atoms with E-state index in [0.29, 0.717) is 17.8 Å². The highest BCUT2D eigenvalue weighted by Gasteiger charge is 2.22. The molecule has 0 bridgehead atoms. The summed E-state index contributed by atoms with van der Waals surface area (Å²) < 4.78 is 0. The molecular weight excluding hydrogens is 260 g/mol. The molecule has 4 heteroatoms. The van der Waals surface area contributed by atoms with Crippen molar-refractivity contribution in [2.24, 2.45) is 5.92 Å². The van der Waals surface area contributed by atoms with Gasteiger partial charge < -0.3 is 10.6 Å². The normalized spacial score (nSPS) is 11.4. The lowest BCUT2D eigenvalue weighted by Crippen LogP contribution is -2.39. The number of rotatable bonds is 8. The van der Waals surface area contributed by atoms with Crippen molar-refractivity contribution in [1.29, 1.82) is 0 Å². The molecule has 0 aliphatic carbocycles. The third-order valence-electron chi connectivity index (χ3n) is 3.89. The topological polar surface area (TPSA) is 55.0 Å². The van der Waals surface area contributed by atoms with Crippen molar-refractivity contribution < 1.29 is 0 Å². The van der Waals surface area contributed by atoms with Gasteiger partial charge in [0.2, 0.25) is 0 Å². The minimum Gasteiger partial charge on any atom is -0.383 e. The van der Waals surface area contributed by atoms with Crippen LogP contribution in [-0.2, 0) is 6.42 Å². The number of hydrogen-bond acceptors (Lipinski definition) is 4. The van der Waals surface area contributed by atoms with E-state index in [4.69, 9.17) is 10.7 Å². The number of hydrogen-bond donors (Lipinski definition) is 1. The Labute approximate surface area is 130 Å². The summed E-state index contributed by atoms with van der Waals surface area (Å²) in [7, 11) is 0. The second-order valence-electron chi connectivity index (χ2n) is 6.24. The largest absolute Gasteiger partial charge is 0.383 e. The van der Waals surface area contributed by atoms with Crippen LogP contribution >= 0.6 is 0 Å². The molecule has 0 radical (unpaired) electrons. The Morgan fingerprint density at radius 3 is 2.19 bits per heavy atom. The van der Waals surface area contributed by atoms with Gasteiger partial charge in [-0.15, -0.1) is 0 Å². The fraction of sp³-hybridized carbons (Fsp3) is 0.765. The molecule has 0 spiro atoms. The summed E-state index contributed by atoms with van der Waals surface area (Å²) in [6.07, 6.45) is 4.17.